The first kappa shape index (κ1) is 10.9. The second kappa shape index (κ2) is 4.57. The number of hydrogen-bond donors (Lipinski definition) is 2. The molecule has 0 radical (unpaired) electrons. The van der Waals surface area contributed by atoms with Crippen LogP contribution in [-0.2, 0) is 0 Å². The van der Waals surface area contributed by atoms with Crippen molar-refractivity contribution in [3.63, 3.8) is 0 Å². The highest BCUT2D eigenvalue weighted by molar-refractivity contribution is 5.28. The van der Waals surface area contributed by atoms with Crippen molar-refractivity contribution >= 4 is 5.95 Å². The van der Waals surface area contributed by atoms with Gasteiger partial charge >= 0.3 is 6.01 Å². The second-order valence-electron chi connectivity index (χ2n) is 4.11. The van der Waals surface area contributed by atoms with E-state index in [0.717, 1.165) is 0 Å². The maximum absolute atomic E-state index is 5.52. The van der Waals surface area contributed by atoms with Crippen LogP contribution in [0, 0.1) is 5.92 Å². The van der Waals surface area contributed by atoms with Gasteiger partial charge in [0.2, 0.25) is 11.9 Å². The Balaban J connectivity index is 1.85. The topological polar surface area (TPSA) is 104 Å². The number of imidazole rings is 1. The lowest BCUT2D eigenvalue weighted by Crippen LogP contribution is -2.15. The minimum atomic E-state index is 0.263. The van der Waals surface area contributed by atoms with E-state index in [2.05, 4.69) is 25.4 Å². The number of nitrogens with one attached hydrogen (secondary N) is 1. The molecular weight excluding hydrogens is 234 g/mol. The Morgan fingerprint density at radius 3 is 2.94 bits per heavy atom. The summed E-state index contributed by atoms with van der Waals surface area (Å²) in [5, 5.41) is 0. The van der Waals surface area contributed by atoms with Gasteiger partial charge < -0.3 is 4.74 Å². The number of hydrogen-bond acceptors (Lipinski definition) is 7. The number of nitrogens with two attached hydrogens (primary N) is 1. The predicted molar refractivity (Wildman–Crippen MR) is 63.0 cm³/mol. The van der Waals surface area contributed by atoms with Crippen molar-refractivity contribution in [3.8, 4) is 12.0 Å². The fourth-order valence-corrected chi connectivity index (χ4v) is 1.44. The van der Waals surface area contributed by atoms with Crippen LogP contribution < -0.4 is 16.0 Å². The third-order valence-corrected chi connectivity index (χ3v) is 2.61. The zero-order valence-electron chi connectivity index (χ0n) is 9.65. The van der Waals surface area contributed by atoms with Crippen LogP contribution in [0.4, 0.5) is 5.95 Å². The zero-order valence-corrected chi connectivity index (χ0v) is 9.65. The zero-order chi connectivity index (χ0) is 12.4. The highest BCUT2D eigenvalue weighted by atomic mass is 16.5. The van der Waals surface area contributed by atoms with Gasteiger partial charge in [-0.2, -0.15) is 15.0 Å². The average molecular weight is 247 g/mol. The average Bonchev–Trinajstić information content (AvgIpc) is 3.07. The molecule has 0 spiro atoms. The lowest BCUT2D eigenvalue weighted by molar-refractivity contribution is 0.275. The molecule has 0 atom stereocenters. The molecule has 1 fully saturated rings. The Labute approximate surface area is 103 Å². The number of rotatable bonds is 5. The van der Waals surface area contributed by atoms with Gasteiger partial charge in [0.15, 0.2) is 0 Å². The van der Waals surface area contributed by atoms with Gasteiger partial charge in [-0.1, -0.05) is 0 Å². The Hall–Kier alpha value is -2.22. The van der Waals surface area contributed by atoms with E-state index in [0.29, 0.717) is 18.5 Å². The van der Waals surface area contributed by atoms with Crippen molar-refractivity contribution in [2.45, 2.75) is 12.8 Å². The summed E-state index contributed by atoms with van der Waals surface area (Å²) in [6.07, 6.45) is 7.40. The van der Waals surface area contributed by atoms with Crippen molar-refractivity contribution in [3.05, 3.63) is 18.7 Å². The standard InChI is InChI=1S/C10H13N7O/c11-16-8-13-9(17-4-3-12-6-17)15-10(14-8)18-5-7-1-2-7/h3-4,6-7H,1-2,5,11H2,(H,13,14,15,16). The van der Waals surface area contributed by atoms with E-state index >= 15 is 0 Å². The summed E-state index contributed by atoms with van der Waals surface area (Å²) in [4.78, 5) is 16.3. The minimum absolute atomic E-state index is 0.263. The molecular formula is C10H13N7O. The summed E-state index contributed by atoms with van der Waals surface area (Å²) in [6.45, 7) is 0.636. The van der Waals surface area contributed by atoms with Gasteiger partial charge in [0.25, 0.3) is 0 Å². The Bertz CT molecular complexity index is 523. The maximum atomic E-state index is 5.52. The molecule has 0 aromatic carbocycles. The summed E-state index contributed by atoms with van der Waals surface area (Å²) >= 11 is 0. The molecule has 3 N–H and O–H groups in total. The molecule has 18 heavy (non-hydrogen) atoms. The van der Waals surface area contributed by atoms with E-state index in [1.165, 1.54) is 12.8 Å². The lowest BCUT2D eigenvalue weighted by Gasteiger charge is -2.07. The fourth-order valence-electron chi connectivity index (χ4n) is 1.44. The monoisotopic (exact) mass is 247 g/mol. The number of nitrogens with zero attached hydrogens (tertiary/aromatic N) is 5. The second-order valence-corrected chi connectivity index (χ2v) is 4.11. The minimum Gasteiger partial charge on any atom is -0.463 e. The van der Waals surface area contributed by atoms with Crippen LogP contribution in [0.3, 0.4) is 0 Å². The van der Waals surface area contributed by atoms with Crippen molar-refractivity contribution in [1.82, 2.24) is 24.5 Å². The molecule has 0 aliphatic heterocycles. The highest BCUT2D eigenvalue weighted by Crippen LogP contribution is 2.29. The van der Waals surface area contributed by atoms with Crippen molar-refractivity contribution < 1.29 is 4.74 Å². The van der Waals surface area contributed by atoms with Gasteiger partial charge in [-0.15, -0.1) is 0 Å². The lowest BCUT2D eigenvalue weighted by atomic mass is 10.5. The predicted octanol–water partition coefficient (Wildman–Crippen LogP) is 0.132. The largest absolute Gasteiger partial charge is 0.463 e. The number of nitrogen functional groups attached to an aromatic ring is 1. The van der Waals surface area contributed by atoms with Crippen molar-refractivity contribution in [1.29, 1.82) is 0 Å². The first-order valence-corrected chi connectivity index (χ1v) is 5.69. The first-order chi connectivity index (χ1) is 8.85. The van der Waals surface area contributed by atoms with Crippen LogP contribution in [0.5, 0.6) is 6.01 Å². The summed E-state index contributed by atoms with van der Waals surface area (Å²) in [5.41, 5.74) is 2.40. The molecule has 1 aliphatic rings. The molecule has 1 saturated carbocycles. The third kappa shape index (κ3) is 2.38. The smallest absolute Gasteiger partial charge is 0.323 e. The molecule has 2 heterocycles. The number of ether oxygens (including phenoxy) is 1. The van der Waals surface area contributed by atoms with Gasteiger partial charge in [0.05, 0.1) is 6.61 Å². The summed E-state index contributed by atoms with van der Waals surface area (Å²) in [7, 11) is 0. The fraction of sp³-hybridized carbons (Fsp3) is 0.400. The molecule has 0 unspecified atom stereocenters. The van der Waals surface area contributed by atoms with Crippen LogP contribution in [0.25, 0.3) is 5.95 Å². The molecule has 8 heteroatoms. The molecule has 2 aromatic heterocycles. The van der Waals surface area contributed by atoms with Crippen LogP contribution >= 0.6 is 0 Å². The number of hydrazine groups is 1. The molecule has 2 aromatic rings. The molecule has 0 bridgehead atoms. The number of anilines is 1. The normalized spacial score (nSPS) is 14.5. The number of aromatic nitrogens is 5. The maximum Gasteiger partial charge on any atom is 0.323 e. The summed E-state index contributed by atoms with van der Waals surface area (Å²) < 4.78 is 7.18. The molecule has 8 nitrogen and oxygen atoms in total. The highest BCUT2D eigenvalue weighted by Gasteiger charge is 2.22. The molecule has 1 aliphatic carbocycles. The van der Waals surface area contributed by atoms with Crippen molar-refractivity contribution in [2.75, 3.05) is 12.0 Å². The van der Waals surface area contributed by atoms with E-state index in [1.807, 2.05) is 0 Å². The Morgan fingerprint density at radius 2 is 2.28 bits per heavy atom. The van der Waals surface area contributed by atoms with Crippen LogP contribution in [0.15, 0.2) is 18.7 Å². The van der Waals surface area contributed by atoms with Gasteiger partial charge in [0, 0.05) is 12.4 Å². The van der Waals surface area contributed by atoms with Gasteiger partial charge in [-0.3, -0.25) is 9.99 Å². The SMILES string of the molecule is NNc1nc(OCC2CC2)nc(-n2ccnc2)n1. The third-order valence-electron chi connectivity index (χ3n) is 2.61. The first-order valence-electron chi connectivity index (χ1n) is 5.69. The van der Waals surface area contributed by atoms with Crippen LogP contribution in [0.2, 0.25) is 0 Å². The quantitative estimate of drug-likeness (QED) is 0.571. The van der Waals surface area contributed by atoms with E-state index in [9.17, 15) is 0 Å². The molecule has 0 saturated heterocycles. The molecule has 94 valence electrons. The van der Waals surface area contributed by atoms with Crippen LogP contribution in [0.1, 0.15) is 12.8 Å². The van der Waals surface area contributed by atoms with Gasteiger partial charge in [0.1, 0.15) is 6.33 Å². The van der Waals surface area contributed by atoms with E-state index in [-0.39, 0.29) is 12.0 Å². The van der Waals surface area contributed by atoms with E-state index in [4.69, 9.17) is 10.6 Å². The molecule has 3 rings (SSSR count). The van der Waals surface area contributed by atoms with E-state index in [1.54, 1.807) is 23.3 Å². The van der Waals surface area contributed by atoms with Crippen molar-refractivity contribution in [2.24, 2.45) is 11.8 Å². The van der Waals surface area contributed by atoms with E-state index < -0.39 is 0 Å². The Morgan fingerprint density at radius 1 is 1.39 bits per heavy atom. The Kier molecular flexibility index (Phi) is 2.77. The summed E-state index contributed by atoms with van der Waals surface area (Å²) in [5.74, 6) is 6.64. The summed E-state index contributed by atoms with van der Waals surface area (Å²) in [6, 6.07) is 0.272. The van der Waals surface area contributed by atoms with Gasteiger partial charge in [-0.25, -0.2) is 10.8 Å². The van der Waals surface area contributed by atoms with Gasteiger partial charge in [-0.05, 0) is 18.8 Å². The molecule has 0 amide bonds. The van der Waals surface area contributed by atoms with Crippen LogP contribution in [-0.4, -0.2) is 31.1 Å².